The van der Waals surface area contributed by atoms with Gasteiger partial charge in [0.05, 0.1) is 30.1 Å². The average molecular weight is 424 g/mol. The van der Waals surface area contributed by atoms with Crippen molar-refractivity contribution in [1.29, 1.82) is 0 Å². The number of carbonyl (C=O) groups excluding carboxylic acids is 1. The van der Waals surface area contributed by atoms with Crippen LogP contribution >= 0.6 is 11.6 Å². The lowest BCUT2D eigenvalue weighted by atomic mass is 10.1. The van der Waals surface area contributed by atoms with Crippen molar-refractivity contribution in [2.45, 2.75) is 38.8 Å². The van der Waals surface area contributed by atoms with E-state index in [-0.39, 0.29) is 17.5 Å². The summed E-state index contributed by atoms with van der Waals surface area (Å²) >= 11 is 5.78. The lowest BCUT2D eigenvalue weighted by molar-refractivity contribution is -0.133. The zero-order chi connectivity index (χ0) is 21.2. The van der Waals surface area contributed by atoms with Gasteiger partial charge in [-0.3, -0.25) is 14.2 Å². The number of aromatic nitrogens is 2. The standard InChI is InChI=1S/C21H30ClN3O4/c1-16(24(12-7-14-28-2)19(26)10-6-11-22)20-23-18-9-5-4-8-17(18)21(27)25(20)13-15-29-3/h4-5,8-9,16H,6-7,10-15H2,1-3H3. The largest absolute Gasteiger partial charge is 0.385 e. The molecule has 0 aliphatic heterocycles. The van der Waals surface area contributed by atoms with Gasteiger partial charge in [0.2, 0.25) is 5.91 Å². The van der Waals surface area contributed by atoms with E-state index in [1.807, 2.05) is 25.1 Å². The number of amides is 1. The van der Waals surface area contributed by atoms with Crippen molar-refractivity contribution >= 4 is 28.4 Å². The van der Waals surface area contributed by atoms with E-state index in [9.17, 15) is 9.59 Å². The Balaban J connectivity index is 2.47. The quantitative estimate of drug-likeness (QED) is 0.387. The Labute approximate surface area is 176 Å². The molecule has 160 valence electrons. The van der Waals surface area contributed by atoms with E-state index in [2.05, 4.69) is 0 Å². The van der Waals surface area contributed by atoms with Crippen molar-refractivity contribution in [3.63, 3.8) is 0 Å². The van der Waals surface area contributed by atoms with Gasteiger partial charge < -0.3 is 14.4 Å². The topological polar surface area (TPSA) is 73.7 Å². The van der Waals surface area contributed by atoms with Gasteiger partial charge in [-0.25, -0.2) is 4.98 Å². The molecule has 0 fully saturated rings. The Hall–Kier alpha value is -1.96. The molecule has 7 nitrogen and oxygen atoms in total. The van der Waals surface area contributed by atoms with Gasteiger partial charge in [0.1, 0.15) is 5.82 Å². The van der Waals surface area contributed by atoms with Crippen LogP contribution in [-0.2, 0) is 20.8 Å². The molecule has 1 unspecified atom stereocenters. The maximum Gasteiger partial charge on any atom is 0.261 e. The van der Waals surface area contributed by atoms with Crippen molar-refractivity contribution in [3.8, 4) is 0 Å². The summed E-state index contributed by atoms with van der Waals surface area (Å²) in [4.78, 5) is 32.5. The van der Waals surface area contributed by atoms with Gasteiger partial charge >= 0.3 is 0 Å². The zero-order valence-corrected chi connectivity index (χ0v) is 18.2. The first-order valence-corrected chi connectivity index (χ1v) is 10.4. The number of alkyl halides is 1. The van der Waals surface area contributed by atoms with E-state index >= 15 is 0 Å². The first kappa shape index (κ1) is 23.3. The van der Waals surface area contributed by atoms with Gasteiger partial charge in [0.15, 0.2) is 0 Å². The smallest absolute Gasteiger partial charge is 0.261 e. The Bertz CT molecular complexity index is 855. The normalized spacial score (nSPS) is 12.3. The molecule has 1 atom stereocenters. The van der Waals surface area contributed by atoms with E-state index < -0.39 is 0 Å². The van der Waals surface area contributed by atoms with E-state index in [1.165, 1.54) is 0 Å². The monoisotopic (exact) mass is 423 g/mol. The highest BCUT2D eigenvalue weighted by Crippen LogP contribution is 2.22. The van der Waals surface area contributed by atoms with Crippen LogP contribution in [0.4, 0.5) is 0 Å². The lowest BCUT2D eigenvalue weighted by Gasteiger charge is -2.30. The first-order valence-electron chi connectivity index (χ1n) is 9.87. The van der Waals surface area contributed by atoms with Crippen LogP contribution < -0.4 is 5.56 Å². The third-order valence-electron chi connectivity index (χ3n) is 4.84. The van der Waals surface area contributed by atoms with Crippen LogP contribution in [0.1, 0.15) is 38.1 Å². The van der Waals surface area contributed by atoms with E-state index in [0.29, 0.717) is 68.2 Å². The van der Waals surface area contributed by atoms with Gasteiger partial charge in [0, 0.05) is 39.7 Å². The molecule has 0 saturated heterocycles. The molecular weight excluding hydrogens is 394 g/mol. The summed E-state index contributed by atoms with van der Waals surface area (Å²) in [6, 6.07) is 6.89. The molecule has 0 saturated carbocycles. The van der Waals surface area contributed by atoms with Gasteiger partial charge in [-0.2, -0.15) is 0 Å². The fraction of sp³-hybridized carbons (Fsp3) is 0.571. The second-order valence-electron chi connectivity index (χ2n) is 6.84. The number of ether oxygens (including phenoxy) is 2. The van der Waals surface area contributed by atoms with E-state index in [0.717, 1.165) is 0 Å². The van der Waals surface area contributed by atoms with Crippen LogP contribution in [0, 0.1) is 0 Å². The minimum absolute atomic E-state index is 0.00467. The number of methoxy groups -OCH3 is 2. The van der Waals surface area contributed by atoms with Gasteiger partial charge in [-0.1, -0.05) is 12.1 Å². The van der Waals surface area contributed by atoms with Crippen LogP contribution in [-0.4, -0.2) is 60.2 Å². The van der Waals surface area contributed by atoms with Crippen LogP contribution in [0.5, 0.6) is 0 Å². The SMILES string of the molecule is COCCCN(C(=O)CCCCl)C(C)c1nc2ccccc2c(=O)n1CCOC. The third kappa shape index (κ3) is 6.01. The molecule has 0 aliphatic rings. The molecular formula is C21H30ClN3O4. The fourth-order valence-electron chi connectivity index (χ4n) is 3.32. The van der Waals surface area contributed by atoms with Crippen molar-refractivity contribution in [3.05, 3.63) is 40.4 Å². The number of para-hydroxylation sites is 1. The number of rotatable bonds is 12. The van der Waals surface area contributed by atoms with E-state index in [4.69, 9.17) is 26.1 Å². The Morgan fingerprint density at radius 3 is 2.62 bits per heavy atom. The van der Waals surface area contributed by atoms with Gasteiger partial charge in [-0.15, -0.1) is 11.6 Å². The van der Waals surface area contributed by atoms with Crippen molar-refractivity contribution < 1.29 is 14.3 Å². The van der Waals surface area contributed by atoms with Crippen LogP contribution in [0.3, 0.4) is 0 Å². The first-order chi connectivity index (χ1) is 14.0. The van der Waals surface area contributed by atoms with E-state index in [1.54, 1.807) is 29.8 Å². The highest BCUT2D eigenvalue weighted by Gasteiger charge is 2.25. The van der Waals surface area contributed by atoms with Crippen molar-refractivity contribution in [1.82, 2.24) is 14.5 Å². The zero-order valence-electron chi connectivity index (χ0n) is 17.4. The summed E-state index contributed by atoms with van der Waals surface area (Å²) in [7, 11) is 3.23. The summed E-state index contributed by atoms with van der Waals surface area (Å²) in [5, 5.41) is 0.555. The number of hydrogen-bond donors (Lipinski definition) is 0. The molecule has 29 heavy (non-hydrogen) atoms. The highest BCUT2D eigenvalue weighted by atomic mass is 35.5. The summed E-state index contributed by atoms with van der Waals surface area (Å²) < 4.78 is 12.0. The number of carbonyl (C=O) groups is 1. The molecule has 0 N–H and O–H groups in total. The maximum absolute atomic E-state index is 13.1. The molecule has 1 amide bonds. The Morgan fingerprint density at radius 2 is 1.93 bits per heavy atom. The minimum Gasteiger partial charge on any atom is -0.385 e. The fourth-order valence-corrected chi connectivity index (χ4v) is 3.45. The molecule has 1 aromatic heterocycles. The number of fused-ring (bicyclic) bond motifs is 1. The molecule has 1 heterocycles. The van der Waals surface area contributed by atoms with Gasteiger partial charge in [0.25, 0.3) is 5.56 Å². The molecule has 0 aliphatic carbocycles. The number of benzene rings is 1. The summed E-state index contributed by atoms with van der Waals surface area (Å²) in [5.41, 5.74) is 0.498. The third-order valence-corrected chi connectivity index (χ3v) is 5.11. The molecule has 1 aromatic carbocycles. The molecule has 0 bridgehead atoms. The number of halogens is 1. The van der Waals surface area contributed by atoms with Crippen molar-refractivity contribution in [2.75, 3.05) is 39.9 Å². The average Bonchev–Trinajstić information content (AvgIpc) is 2.74. The predicted molar refractivity (Wildman–Crippen MR) is 114 cm³/mol. The summed E-state index contributed by atoms with van der Waals surface area (Å²) in [6.45, 7) is 3.72. The van der Waals surface area contributed by atoms with Crippen LogP contribution in [0.2, 0.25) is 0 Å². The van der Waals surface area contributed by atoms with Crippen LogP contribution in [0.15, 0.2) is 29.1 Å². The Kier molecular flexibility index (Phi) is 9.57. The number of hydrogen-bond acceptors (Lipinski definition) is 5. The molecule has 8 heteroatoms. The summed E-state index contributed by atoms with van der Waals surface area (Å²) in [6.07, 6.45) is 1.66. The lowest BCUT2D eigenvalue weighted by Crippen LogP contribution is -2.39. The van der Waals surface area contributed by atoms with Crippen molar-refractivity contribution in [2.24, 2.45) is 0 Å². The second kappa shape index (κ2) is 11.9. The molecule has 2 aromatic rings. The molecule has 0 radical (unpaired) electrons. The predicted octanol–water partition coefficient (Wildman–Crippen LogP) is 2.99. The Morgan fingerprint density at radius 1 is 1.21 bits per heavy atom. The highest BCUT2D eigenvalue weighted by molar-refractivity contribution is 6.17. The maximum atomic E-state index is 13.1. The minimum atomic E-state index is -0.371. The van der Waals surface area contributed by atoms with Gasteiger partial charge in [-0.05, 0) is 31.9 Å². The second-order valence-corrected chi connectivity index (χ2v) is 7.22. The molecule has 2 rings (SSSR count). The number of nitrogens with zero attached hydrogens (tertiary/aromatic N) is 3. The van der Waals surface area contributed by atoms with Crippen LogP contribution in [0.25, 0.3) is 10.9 Å². The molecule has 0 spiro atoms. The summed E-state index contributed by atoms with van der Waals surface area (Å²) in [5.74, 6) is 0.982.